The minimum absolute atomic E-state index is 0.0321. The maximum absolute atomic E-state index is 5.65. The Balaban J connectivity index is 1.86. The van der Waals surface area contributed by atoms with E-state index in [2.05, 4.69) is 23.4 Å². The molecule has 0 bridgehead atoms. The summed E-state index contributed by atoms with van der Waals surface area (Å²) in [4.78, 5) is 4.32. The Morgan fingerprint density at radius 2 is 2.05 bits per heavy atom. The van der Waals surface area contributed by atoms with E-state index in [9.17, 15) is 0 Å². The Labute approximate surface area is 122 Å². The molecule has 114 valence electrons. The van der Waals surface area contributed by atoms with Crippen molar-refractivity contribution in [3.63, 3.8) is 0 Å². The molecule has 20 heavy (non-hydrogen) atoms. The number of aromatic nitrogens is 2. The molecule has 2 rings (SSSR count). The molecular formula is C16H28N2O2. The Hall–Kier alpha value is -0.870. The summed E-state index contributed by atoms with van der Waals surface area (Å²) < 4.78 is 13.6. The van der Waals surface area contributed by atoms with Crippen LogP contribution >= 0.6 is 0 Å². The van der Waals surface area contributed by atoms with Crippen LogP contribution in [0.1, 0.15) is 51.6 Å². The lowest BCUT2D eigenvalue weighted by molar-refractivity contribution is -0.0886. The van der Waals surface area contributed by atoms with Gasteiger partial charge < -0.3 is 14.0 Å². The molecule has 2 heterocycles. The molecule has 1 fully saturated rings. The topological polar surface area (TPSA) is 36.3 Å². The van der Waals surface area contributed by atoms with E-state index in [-0.39, 0.29) is 6.29 Å². The highest BCUT2D eigenvalue weighted by atomic mass is 16.7. The van der Waals surface area contributed by atoms with Gasteiger partial charge in [-0.05, 0) is 19.3 Å². The van der Waals surface area contributed by atoms with Crippen LogP contribution in [0.15, 0.2) is 12.5 Å². The minimum Gasteiger partial charge on any atom is -0.350 e. The average molecular weight is 280 g/mol. The maximum Gasteiger partial charge on any atom is 0.162 e. The van der Waals surface area contributed by atoms with Crippen molar-refractivity contribution < 1.29 is 9.47 Å². The SMILES string of the molecule is CCCCCCc1cncn1CC(CC)C1OCCO1. The first-order valence-electron chi connectivity index (χ1n) is 8.07. The first-order valence-corrected chi connectivity index (χ1v) is 8.07. The third-order valence-electron chi connectivity index (χ3n) is 4.07. The highest BCUT2D eigenvalue weighted by molar-refractivity contribution is 4.99. The van der Waals surface area contributed by atoms with Crippen LogP contribution in [0, 0.1) is 5.92 Å². The third kappa shape index (κ3) is 4.32. The fraction of sp³-hybridized carbons (Fsp3) is 0.812. The van der Waals surface area contributed by atoms with E-state index in [1.165, 1.54) is 31.4 Å². The summed E-state index contributed by atoms with van der Waals surface area (Å²) in [6.45, 7) is 6.86. The van der Waals surface area contributed by atoms with E-state index in [1.54, 1.807) is 0 Å². The summed E-state index contributed by atoms with van der Waals surface area (Å²) in [7, 11) is 0. The summed E-state index contributed by atoms with van der Waals surface area (Å²) in [5.74, 6) is 0.418. The molecule has 1 aliphatic rings. The highest BCUT2D eigenvalue weighted by Crippen LogP contribution is 2.21. The smallest absolute Gasteiger partial charge is 0.162 e. The van der Waals surface area contributed by atoms with Gasteiger partial charge in [0.2, 0.25) is 0 Å². The molecule has 1 aromatic heterocycles. The van der Waals surface area contributed by atoms with Crippen LogP contribution in [0.4, 0.5) is 0 Å². The van der Waals surface area contributed by atoms with Crippen LogP contribution in [0.3, 0.4) is 0 Å². The summed E-state index contributed by atoms with van der Waals surface area (Å²) in [5.41, 5.74) is 1.34. The summed E-state index contributed by atoms with van der Waals surface area (Å²) in [6, 6.07) is 0. The lowest BCUT2D eigenvalue weighted by Crippen LogP contribution is -2.26. The van der Waals surface area contributed by atoms with Crippen LogP contribution in [-0.4, -0.2) is 29.1 Å². The molecule has 0 spiro atoms. The zero-order chi connectivity index (χ0) is 14.2. The van der Waals surface area contributed by atoms with E-state index in [4.69, 9.17) is 9.47 Å². The number of nitrogens with zero attached hydrogens (tertiary/aromatic N) is 2. The van der Waals surface area contributed by atoms with Gasteiger partial charge in [-0.25, -0.2) is 4.98 Å². The maximum atomic E-state index is 5.65. The summed E-state index contributed by atoms with van der Waals surface area (Å²) >= 11 is 0. The number of rotatable bonds is 9. The predicted molar refractivity (Wildman–Crippen MR) is 79.5 cm³/mol. The highest BCUT2D eigenvalue weighted by Gasteiger charge is 2.26. The molecule has 1 atom stereocenters. The molecule has 0 N–H and O–H groups in total. The molecule has 0 amide bonds. The minimum atomic E-state index is -0.0321. The van der Waals surface area contributed by atoms with Gasteiger partial charge in [0.05, 0.1) is 19.5 Å². The Bertz CT molecular complexity index is 372. The number of hydrogen-bond donors (Lipinski definition) is 0. The number of ether oxygens (including phenoxy) is 2. The van der Waals surface area contributed by atoms with E-state index >= 15 is 0 Å². The molecule has 1 saturated heterocycles. The van der Waals surface area contributed by atoms with E-state index in [0.717, 1.165) is 32.6 Å². The van der Waals surface area contributed by atoms with Crippen molar-refractivity contribution in [1.82, 2.24) is 9.55 Å². The zero-order valence-corrected chi connectivity index (χ0v) is 12.9. The number of aryl methyl sites for hydroxylation is 1. The monoisotopic (exact) mass is 280 g/mol. The van der Waals surface area contributed by atoms with Gasteiger partial charge in [-0.2, -0.15) is 0 Å². The fourth-order valence-corrected chi connectivity index (χ4v) is 2.76. The largest absolute Gasteiger partial charge is 0.350 e. The van der Waals surface area contributed by atoms with Gasteiger partial charge in [0.15, 0.2) is 6.29 Å². The first-order chi connectivity index (χ1) is 9.85. The number of hydrogen-bond acceptors (Lipinski definition) is 3. The van der Waals surface area contributed by atoms with Gasteiger partial charge in [0.1, 0.15) is 0 Å². The Morgan fingerprint density at radius 3 is 2.75 bits per heavy atom. The van der Waals surface area contributed by atoms with Gasteiger partial charge >= 0.3 is 0 Å². The summed E-state index contributed by atoms with van der Waals surface area (Å²) in [5, 5.41) is 0. The second kappa shape index (κ2) is 8.42. The van der Waals surface area contributed by atoms with Crippen LogP contribution in [0.5, 0.6) is 0 Å². The van der Waals surface area contributed by atoms with Crippen molar-refractivity contribution >= 4 is 0 Å². The molecule has 1 unspecified atom stereocenters. The molecule has 4 nitrogen and oxygen atoms in total. The third-order valence-corrected chi connectivity index (χ3v) is 4.07. The van der Waals surface area contributed by atoms with Crippen LogP contribution < -0.4 is 0 Å². The molecule has 0 aliphatic carbocycles. The van der Waals surface area contributed by atoms with E-state index in [0.29, 0.717) is 5.92 Å². The molecule has 0 aromatic carbocycles. The second-order valence-corrected chi connectivity index (χ2v) is 5.63. The zero-order valence-electron chi connectivity index (χ0n) is 12.9. The van der Waals surface area contributed by atoms with Crippen molar-refractivity contribution in [2.24, 2.45) is 5.92 Å². The van der Waals surface area contributed by atoms with Crippen molar-refractivity contribution in [3.05, 3.63) is 18.2 Å². The molecule has 4 heteroatoms. The molecule has 0 saturated carbocycles. The van der Waals surface area contributed by atoms with E-state index < -0.39 is 0 Å². The molecule has 0 radical (unpaired) electrons. The normalized spacial score (nSPS) is 17.7. The number of imidazole rings is 1. The predicted octanol–water partition coefficient (Wildman–Crippen LogP) is 3.41. The van der Waals surface area contributed by atoms with Gasteiger partial charge in [-0.3, -0.25) is 0 Å². The van der Waals surface area contributed by atoms with Crippen molar-refractivity contribution in [1.29, 1.82) is 0 Å². The summed E-state index contributed by atoms with van der Waals surface area (Å²) in [6.07, 6.45) is 11.3. The Morgan fingerprint density at radius 1 is 1.25 bits per heavy atom. The van der Waals surface area contributed by atoms with Crippen molar-refractivity contribution in [3.8, 4) is 0 Å². The average Bonchev–Trinajstić information content (AvgIpc) is 3.12. The number of unbranched alkanes of at least 4 members (excludes halogenated alkanes) is 3. The lowest BCUT2D eigenvalue weighted by atomic mass is 10.1. The van der Waals surface area contributed by atoms with Crippen molar-refractivity contribution in [2.45, 2.75) is 65.2 Å². The lowest BCUT2D eigenvalue weighted by Gasteiger charge is -2.22. The molecule has 1 aliphatic heterocycles. The van der Waals surface area contributed by atoms with Crippen LogP contribution in [0.2, 0.25) is 0 Å². The molecular weight excluding hydrogens is 252 g/mol. The van der Waals surface area contributed by atoms with E-state index in [1.807, 2.05) is 12.5 Å². The first kappa shape index (κ1) is 15.5. The van der Waals surface area contributed by atoms with Gasteiger partial charge in [-0.1, -0.05) is 33.1 Å². The fourth-order valence-electron chi connectivity index (χ4n) is 2.76. The van der Waals surface area contributed by atoms with Crippen LogP contribution in [0.25, 0.3) is 0 Å². The van der Waals surface area contributed by atoms with Gasteiger partial charge in [0.25, 0.3) is 0 Å². The Kier molecular flexibility index (Phi) is 6.54. The quantitative estimate of drug-likeness (QED) is 0.650. The van der Waals surface area contributed by atoms with Gasteiger partial charge in [0, 0.05) is 24.4 Å². The van der Waals surface area contributed by atoms with Crippen molar-refractivity contribution in [2.75, 3.05) is 13.2 Å². The molecule has 1 aromatic rings. The second-order valence-electron chi connectivity index (χ2n) is 5.63. The van der Waals surface area contributed by atoms with Gasteiger partial charge in [-0.15, -0.1) is 0 Å². The van der Waals surface area contributed by atoms with Crippen LogP contribution in [-0.2, 0) is 22.4 Å². The standard InChI is InChI=1S/C16H28N2O2/c1-3-5-6-7-8-15-11-17-13-18(15)12-14(4-2)16-19-9-10-20-16/h11,13-14,16H,3-10,12H2,1-2H3.